The van der Waals surface area contributed by atoms with E-state index in [-0.39, 0.29) is 11.3 Å². The fraction of sp³-hybridized carbons (Fsp3) is 0.452. The zero-order chi connectivity index (χ0) is 31.0. The lowest BCUT2D eigenvalue weighted by Crippen LogP contribution is -2.58. The first-order valence-electron chi connectivity index (χ1n) is 14.4. The Bertz CT molecular complexity index is 1640. The molecule has 0 radical (unpaired) electrons. The van der Waals surface area contributed by atoms with Crippen molar-refractivity contribution < 1.29 is 27.5 Å². The van der Waals surface area contributed by atoms with Crippen molar-refractivity contribution in [3.63, 3.8) is 0 Å². The number of fused-ring (bicyclic) bond motifs is 3. The Kier molecular flexibility index (Phi) is 8.39. The summed E-state index contributed by atoms with van der Waals surface area (Å²) in [4.78, 5) is 43.6. The minimum atomic E-state index is -3.92. The molecule has 43 heavy (non-hydrogen) atoms. The largest absolute Gasteiger partial charge is 0.468 e. The summed E-state index contributed by atoms with van der Waals surface area (Å²) in [5, 5.41) is 3.89. The molecule has 3 aromatic rings. The van der Waals surface area contributed by atoms with Crippen LogP contribution in [0.1, 0.15) is 55.8 Å². The van der Waals surface area contributed by atoms with E-state index in [2.05, 4.69) is 19.8 Å². The number of esters is 1. The summed E-state index contributed by atoms with van der Waals surface area (Å²) >= 11 is 0. The van der Waals surface area contributed by atoms with Crippen molar-refractivity contribution in [1.29, 1.82) is 0 Å². The predicted octanol–water partition coefficient (Wildman–Crippen LogP) is 2.03. The highest BCUT2D eigenvalue weighted by Gasteiger charge is 2.47. The fourth-order valence-electron chi connectivity index (χ4n) is 6.39. The lowest BCUT2D eigenvalue weighted by atomic mass is 9.73. The SMILES string of the molecule is COC(=O)CS(=O)(=O)NC1CC2(CCN(C(=O)[C@@H](Cc3c[nH]c4ccccc34)NC(=O)C(C)(C)N)CC2)c2ccccc21. The van der Waals surface area contributed by atoms with Crippen molar-refractivity contribution in [1.82, 2.24) is 19.9 Å². The monoisotopic (exact) mass is 609 g/mol. The Morgan fingerprint density at radius 1 is 1.12 bits per heavy atom. The number of piperidine rings is 1. The third-order valence-corrected chi connectivity index (χ3v) is 9.94. The molecule has 1 aliphatic heterocycles. The normalized spacial score (nSPS) is 18.8. The number of carbonyl (C=O) groups excluding carboxylic acids is 3. The minimum absolute atomic E-state index is 0.181. The summed E-state index contributed by atoms with van der Waals surface area (Å²) < 4.78 is 32.7. The smallest absolute Gasteiger partial charge is 0.322 e. The minimum Gasteiger partial charge on any atom is -0.468 e. The number of benzene rings is 2. The number of hydrogen-bond acceptors (Lipinski definition) is 7. The molecule has 2 aromatic carbocycles. The van der Waals surface area contributed by atoms with Gasteiger partial charge in [-0.25, -0.2) is 13.1 Å². The van der Waals surface area contributed by atoms with Crippen LogP contribution in [0.4, 0.5) is 0 Å². The molecule has 2 aliphatic rings. The molecule has 2 atom stereocenters. The number of hydrogen-bond donors (Lipinski definition) is 4. The first-order chi connectivity index (χ1) is 20.3. The Balaban J connectivity index is 1.34. The topological polar surface area (TPSA) is 164 Å². The molecule has 5 N–H and O–H groups in total. The Labute approximate surface area is 251 Å². The van der Waals surface area contributed by atoms with Gasteiger partial charge < -0.3 is 25.7 Å². The molecule has 230 valence electrons. The maximum absolute atomic E-state index is 14.0. The van der Waals surface area contributed by atoms with E-state index in [4.69, 9.17) is 5.73 Å². The Morgan fingerprint density at radius 3 is 2.49 bits per heavy atom. The van der Waals surface area contributed by atoms with E-state index in [0.717, 1.165) is 34.7 Å². The van der Waals surface area contributed by atoms with Crippen LogP contribution < -0.4 is 15.8 Å². The second kappa shape index (κ2) is 11.7. The standard InChI is InChI=1S/C31H39N5O6S/c1-30(2,32)29(39)34-25(16-20-18-33-24-11-7-5-8-21(20)24)28(38)36-14-12-31(13-15-36)17-26(22-9-4-6-10-23(22)31)35-43(40,41)19-27(37)42-3/h4-11,18,25-26,33,35H,12-17,19,32H2,1-3H3,(H,34,39)/t25-,26?/m1/s1. The van der Waals surface area contributed by atoms with Gasteiger partial charge in [0.2, 0.25) is 21.8 Å². The number of para-hydroxylation sites is 1. The lowest BCUT2D eigenvalue weighted by molar-refractivity contribution is -0.138. The number of nitrogens with zero attached hydrogens (tertiary/aromatic N) is 1. The first-order valence-corrected chi connectivity index (χ1v) is 16.1. The third-order valence-electron chi connectivity index (χ3n) is 8.68. The second-order valence-corrected chi connectivity index (χ2v) is 14.0. The number of nitrogens with one attached hydrogen (secondary N) is 3. The molecule has 12 heteroatoms. The van der Waals surface area contributed by atoms with E-state index < -0.39 is 45.3 Å². The number of amides is 2. The molecule has 5 rings (SSSR count). The molecule has 2 heterocycles. The van der Waals surface area contributed by atoms with Gasteiger partial charge in [-0.15, -0.1) is 0 Å². The number of nitrogens with two attached hydrogens (primary N) is 1. The number of sulfonamides is 1. The van der Waals surface area contributed by atoms with Gasteiger partial charge >= 0.3 is 5.97 Å². The molecule has 0 bridgehead atoms. The molecular formula is C31H39N5O6S. The number of aromatic amines is 1. The molecule has 2 amide bonds. The van der Waals surface area contributed by atoms with Crippen LogP contribution >= 0.6 is 0 Å². The summed E-state index contributed by atoms with van der Waals surface area (Å²) in [6.07, 6.45) is 3.94. The average Bonchev–Trinajstić information content (AvgIpc) is 3.50. The molecule has 1 fully saturated rings. The van der Waals surface area contributed by atoms with Crippen molar-refractivity contribution in [2.24, 2.45) is 5.73 Å². The van der Waals surface area contributed by atoms with Gasteiger partial charge in [0.15, 0.2) is 5.75 Å². The van der Waals surface area contributed by atoms with Gasteiger partial charge in [-0.05, 0) is 55.9 Å². The van der Waals surface area contributed by atoms with Gasteiger partial charge in [-0.1, -0.05) is 42.5 Å². The Hall–Kier alpha value is -3.74. The van der Waals surface area contributed by atoms with Crippen molar-refractivity contribution >= 4 is 38.7 Å². The maximum Gasteiger partial charge on any atom is 0.322 e. The van der Waals surface area contributed by atoms with Crippen molar-refractivity contribution in [2.45, 2.75) is 62.6 Å². The second-order valence-electron chi connectivity index (χ2n) is 12.2. The third kappa shape index (κ3) is 6.46. The first kappa shape index (κ1) is 30.7. The van der Waals surface area contributed by atoms with Gasteiger partial charge in [-0.2, -0.15) is 0 Å². The van der Waals surface area contributed by atoms with Gasteiger partial charge in [0, 0.05) is 48.1 Å². The van der Waals surface area contributed by atoms with Crippen molar-refractivity contribution in [2.75, 3.05) is 26.0 Å². The zero-order valence-electron chi connectivity index (χ0n) is 24.7. The van der Waals surface area contributed by atoms with E-state index in [1.165, 1.54) is 0 Å². The number of H-pyrrole nitrogens is 1. The number of carbonyl (C=O) groups is 3. The highest BCUT2D eigenvalue weighted by Crippen LogP contribution is 2.51. The van der Waals surface area contributed by atoms with Gasteiger partial charge in [0.05, 0.1) is 12.6 Å². The van der Waals surface area contributed by atoms with Crippen LogP contribution in [0.5, 0.6) is 0 Å². The molecule has 0 saturated carbocycles. The van der Waals surface area contributed by atoms with Crippen LogP contribution in [0.3, 0.4) is 0 Å². The van der Waals surface area contributed by atoms with Crippen LogP contribution in [0, 0.1) is 0 Å². The number of likely N-dealkylation sites (tertiary alicyclic amines) is 1. The van der Waals surface area contributed by atoms with Crippen molar-refractivity contribution in [3.8, 4) is 0 Å². The van der Waals surface area contributed by atoms with Crippen LogP contribution in [-0.2, 0) is 41.0 Å². The fourth-order valence-corrected chi connectivity index (χ4v) is 7.54. The Morgan fingerprint density at radius 2 is 1.79 bits per heavy atom. The molecule has 1 aliphatic carbocycles. The van der Waals surface area contributed by atoms with E-state index in [1.807, 2.05) is 54.7 Å². The van der Waals surface area contributed by atoms with Crippen LogP contribution in [0.25, 0.3) is 10.9 Å². The molecular weight excluding hydrogens is 570 g/mol. The highest BCUT2D eigenvalue weighted by molar-refractivity contribution is 7.90. The maximum atomic E-state index is 14.0. The summed E-state index contributed by atoms with van der Waals surface area (Å²) in [6, 6.07) is 14.2. The van der Waals surface area contributed by atoms with E-state index in [9.17, 15) is 22.8 Å². The summed E-state index contributed by atoms with van der Waals surface area (Å²) in [5.74, 6) is -2.17. The van der Waals surface area contributed by atoms with Crippen molar-refractivity contribution in [3.05, 3.63) is 71.4 Å². The molecule has 1 aromatic heterocycles. The quantitative estimate of drug-likeness (QED) is 0.270. The molecule has 1 unspecified atom stereocenters. The predicted molar refractivity (Wildman–Crippen MR) is 162 cm³/mol. The zero-order valence-corrected chi connectivity index (χ0v) is 25.5. The molecule has 1 spiro atoms. The van der Waals surface area contributed by atoms with E-state index >= 15 is 0 Å². The van der Waals surface area contributed by atoms with E-state index in [0.29, 0.717) is 38.8 Å². The molecule has 11 nitrogen and oxygen atoms in total. The summed E-state index contributed by atoms with van der Waals surface area (Å²) in [5.41, 5.74) is 8.38. The number of ether oxygens (including phenoxy) is 1. The van der Waals surface area contributed by atoms with Crippen LogP contribution in [0.2, 0.25) is 0 Å². The summed E-state index contributed by atoms with van der Waals surface area (Å²) in [6.45, 7) is 4.10. The van der Waals surface area contributed by atoms with Gasteiger partial charge in [-0.3, -0.25) is 14.4 Å². The van der Waals surface area contributed by atoms with Gasteiger partial charge in [0.1, 0.15) is 6.04 Å². The lowest BCUT2D eigenvalue weighted by Gasteiger charge is -2.41. The van der Waals surface area contributed by atoms with Crippen LogP contribution in [0.15, 0.2) is 54.7 Å². The van der Waals surface area contributed by atoms with Gasteiger partial charge in [0.25, 0.3) is 0 Å². The number of methoxy groups -OCH3 is 1. The average molecular weight is 610 g/mol. The van der Waals surface area contributed by atoms with Crippen LogP contribution in [-0.4, -0.2) is 73.6 Å². The summed E-state index contributed by atoms with van der Waals surface area (Å²) in [7, 11) is -2.76. The van der Waals surface area contributed by atoms with E-state index in [1.54, 1.807) is 18.7 Å². The molecule has 1 saturated heterocycles. The number of aromatic nitrogens is 1. The number of rotatable bonds is 9. The highest BCUT2D eigenvalue weighted by atomic mass is 32.2.